The van der Waals surface area contributed by atoms with Crippen molar-refractivity contribution in [3.8, 4) is 39.1 Å². The fourth-order valence-corrected chi connectivity index (χ4v) is 8.90. The van der Waals surface area contributed by atoms with Gasteiger partial charge in [-0.2, -0.15) is 0 Å². The highest BCUT2D eigenvalue weighted by Crippen LogP contribution is 2.46. The minimum absolute atomic E-state index is 1.09. The zero-order valence-electron chi connectivity index (χ0n) is 31.8. The molecule has 0 atom stereocenters. The van der Waals surface area contributed by atoms with Crippen molar-refractivity contribution in [2.45, 2.75) is 0 Å². The molecule has 0 spiro atoms. The number of nitrogens with zero attached hydrogens (tertiary/aromatic N) is 2. The molecule has 2 nitrogen and oxygen atoms in total. The molecule has 0 radical (unpaired) electrons. The van der Waals surface area contributed by atoms with Crippen LogP contribution in [0.3, 0.4) is 0 Å². The van der Waals surface area contributed by atoms with Crippen LogP contribution in [0.5, 0.6) is 0 Å². The first kappa shape index (κ1) is 33.6. The lowest BCUT2D eigenvalue weighted by Crippen LogP contribution is -2.11. The van der Waals surface area contributed by atoms with Gasteiger partial charge in [-0.3, -0.25) is 0 Å². The monoisotopic (exact) mass is 738 g/mol. The van der Waals surface area contributed by atoms with Gasteiger partial charge in [-0.1, -0.05) is 170 Å². The van der Waals surface area contributed by atoms with Gasteiger partial charge in [-0.25, -0.2) is 0 Å². The molecule has 1 heterocycles. The summed E-state index contributed by atoms with van der Waals surface area (Å²) in [5, 5.41) is 7.42. The van der Waals surface area contributed by atoms with Gasteiger partial charge in [0.05, 0.1) is 16.7 Å². The van der Waals surface area contributed by atoms with Crippen LogP contribution in [0.1, 0.15) is 0 Å². The molecule has 0 bridgehead atoms. The van der Waals surface area contributed by atoms with Crippen molar-refractivity contribution in [2.75, 3.05) is 4.90 Å². The summed E-state index contributed by atoms with van der Waals surface area (Å²) in [6, 6.07) is 83.8. The Morgan fingerprint density at radius 3 is 1.57 bits per heavy atom. The topological polar surface area (TPSA) is 8.17 Å². The second-order valence-corrected chi connectivity index (χ2v) is 14.9. The Balaban J connectivity index is 1.19. The molecule has 0 saturated carbocycles. The van der Waals surface area contributed by atoms with Gasteiger partial charge in [0.1, 0.15) is 0 Å². The number of anilines is 3. The van der Waals surface area contributed by atoms with Crippen molar-refractivity contribution < 1.29 is 0 Å². The average Bonchev–Trinajstić information content (AvgIpc) is 3.65. The lowest BCUT2D eigenvalue weighted by Gasteiger charge is -2.28. The number of hydrogen-bond donors (Lipinski definition) is 0. The maximum Gasteiger partial charge on any atom is 0.0547 e. The van der Waals surface area contributed by atoms with E-state index in [0.29, 0.717) is 0 Å². The molecule has 272 valence electrons. The van der Waals surface area contributed by atoms with Gasteiger partial charge in [0.25, 0.3) is 0 Å². The van der Waals surface area contributed by atoms with E-state index >= 15 is 0 Å². The van der Waals surface area contributed by atoms with Crippen LogP contribution in [-0.2, 0) is 0 Å². The SMILES string of the molecule is c1ccc(-c2cc(-c3ccccc3)cc(N(c3cccc(-c4cccc5c4c4c6ccccc6ccc4n5-c4ccccc4)c3)c3cccc4ccccc34)c2)cc1. The molecule has 0 fully saturated rings. The van der Waals surface area contributed by atoms with Crippen molar-refractivity contribution in [3.05, 3.63) is 231 Å². The molecule has 0 aliphatic heterocycles. The zero-order valence-corrected chi connectivity index (χ0v) is 31.8. The van der Waals surface area contributed by atoms with Crippen LogP contribution in [0.25, 0.3) is 82.4 Å². The number of rotatable bonds is 7. The Bertz CT molecular complexity index is 3210. The second-order valence-electron chi connectivity index (χ2n) is 14.9. The number of benzene rings is 10. The van der Waals surface area contributed by atoms with E-state index in [1.807, 2.05) is 0 Å². The first-order valence-electron chi connectivity index (χ1n) is 19.9. The fraction of sp³-hybridized carbons (Fsp3) is 0. The van der Waals surface area contributed by atoms with Crippen molar-refractivity contribution >= 4 is 60.4 Å². The van der Waals surface area contributed by atoms with E-state index in [-0.39, 0.29) is 0 Å². The smallest absolute Gasteiger partial charge is 0.0547 e. The molecule has 0 amide bonds. The van der Waals surface area contributed by atoms with E-state index in [2.05, 4.69) is 240 Å². The molecule has 0 aliphatic rings. The van der Waals surface area contributed by atoms with E-state index in [4.69, 9.17) is 0 Å². The van der Waals surface area contributed by atoms with E-state index in [1.165, 1.54) is 71.2 Å². The highest BCUT2D eigenvalue weighted by molar-refractivity contribution is 6.25. The minimum atomic E-state index is 1.09. The van der Waals surface area contributed by atoms with Crippen molar-refractivity contribution in [1.82, 2.24) is 4.57 Å². The highest BCUT2D eigenvalue weighted by Gasteiger charge is 2.21. The van der Waals surface area contributed by atoms with E-state index in [0.717, 1.165) is 28.3 Å². The van der Waals surface area contributed by atoms with Gasteiger partial charge in [-0.05, 0) is 110 Å². The molecule has 11 aromatic rings. The summed E-state index contributed by atoms with van der Waals surface area (Å²) in [4.78, 5) is 2.45. The predicted molar refractivity (Wildman–Crippen MR) is 247 cm³/mol. The van der Waals surface area contributed by atoms with Gasteiger partial charge >= 0.3 is 0 Å². The molecule has 1 aromatic heterocycles. The maximum absolute atomic E-state index is 2.45. The van der Waals surface area contributed by atoms with Crippen molar-refractivity contribution in [1.29, 1.82) is 0 Å². The van der Waals surface area contributed by atoms with Crippen LogP contribution >= 0.6 is 0 Å². The Morgan fingerprint density at radius 1 is 0.310 bits per heavy atom. The van der Waals surface area contributed by atoms with Gasteiger partial charge in [0.15, 0.2) is 0 Å². The number of hydrogen-bond acceptors (Lipinski definition) is 1. The Morgan fingerprint density at radius 2 is 0.845 bits per heavy atom. The molecular weight excluding hydrogens is 701 g/mol. The van der Waals surface area contributed by atoms with Crippen LogP contribution in [0.4, 0.5) is 17.1 Å². The van der Waals surface area contributed by atoms with Crippen LogP contribution in [0.15, 0.2) is 231 Å². The van der Waals surface area contributed by atoms with Crippen molar-refractivity contribution in [2.24, 2.45) is 0 Å². The summed E-state index contributed by atoms with van der Waals surface area (Å²) in [7, 11) is 0. The van der Waals surface area contributed by atoms with E-state index in [1.54, 1.807) is 0 Å². The third kappa shape index (κ3) is 5.74. The lowest BCUT2D eigenvalue weighted by atomic mass is 9.95. The van der Waals surface area contributed by atoms with Crippen LogP contribution in [0.2, 0.25) is 0 Å². The first-order chi connectivity index (χ1) is 28.8. The molecule has 10 aromatic carbocycles. The quantitative estimate of drug-likeness (QED) is 0.158. The molecule has 58 heavy (non-hydrogen) atoms. The summed E-state index contributed by atoms with van der Waals surface area (Å²) in [6.45, 7) is 0. The molecule has 0 saturated heterocycles. The van der Waals surface area contributed by atoms with E-state index in [9.17, 15) is 0 Å². The molecular formula is C56H38N2. The fourth-order valence-electron chi connectivity index (χ4n) is 8.90. The second kappa shape index (κ2) is 14.1. The standard InChI is InChI=1S/C56H38N2/c1-4-17-39(18-5-1)44-35-45(40-19-6-2-7-20-40)38-48(37-44)57(52-31-15-23-41-21-10-12-28-49(41)52)47-27-14-24-43(36-47)51-30-16-32-53-56(51)55-50-29-13-11-22-42(50)33-34-54(55)58(53)46-25-8-3-9-26-46/h1-38H. The van der Waals surface area contributed by atoms with Gasteiger partial charge in [0, 0.05) is 33.2 Å². The normalized spacial score (nSPS) is 11.4. The molecule has 0 unspecified atom stereocenters. The third-order valence-electron chi connectivity index (χ3n) is 11.5. The minimum Gasteiger partial charge on any atom is -0.310 e. The Hall–Kier alpha value is -7.68. The Kier molecular flexibility index (Phi) is 8.19. The van der Waals surface area contributed by atoms with Crippen LogP contribution in [-0.4, -0.2) is 4.57 Å². The summed E-state index contributed by atoms with van der Waals surface area (Å²) >= 11 is 0. The summed E-state index contributed by atoms with van der Waals surface area (Å²) in [5.41, 5.74) is 13.9. The van der Waals surface area contributed by atoms with Crippen molar-refractivity contribution in [3.63, 3.8) is 0 Å². The van der Waals surface area contributed by atoms with Gasteiger partial charge < -0.3 is 9.47 Å². The number of para-hydroxylation sites is 1. The van der Waals surface area contributed by atoms with Crippen LogP contribution in [0, 0.1) is 0 Å². The summed E-state index contributed by atoms with van der Waals surface area (Å²) in [5.74, 6) is 0. The van der Waals surface area contributed by atoms with Crippen LogP contribution < -0.4 is 4.90 Å². The number of aromatic nitrogens is 1. The lowest BCUT2D eigenvalue weighted by molar-refractivity contribution is 1.18. The zero-order chi connectivity index (χ0) is 38.4. The predicted octanol–water partition coefficient (Wildman–Crippen LogP) is 15.6. The van der Waals surface area contributed by atoms with Gasteiger partial charge in [-0.15, -0.1) is 0 Å². The largest absolute Gasteiger partial charge is 0.310 e. The first-order valence-corrected chi connectivity index (χ1v) is 19.9. The maximum atomic E-state index is 2.45. The average molecular weight is 739 g/mol. The van der Waals surface area contributed by atoms with Gasteiger partial charge in [0.2, 0.25) is 0 Å². The summed E-state index contributed by atoms with van der Waals surface area (Å²) < 4.78 is 2.42. The summed E-state index contributed by atoms with van der Waals surface area (Å²) in [6.07, 6.45) is 0. The Labute approximate surface area is 338 Å². The van der Waals surface area contributed by atoms with E-state index < -0.39 is 0 Å². The third-order valence-corrected chi connectivity index (χ3v) is 11.5. The number of fused-ring (bicyclic) bond motifs is 6. The molecule has 2 heteroatoms. The molecule has 0 aliphatic carbocycles. The highest BCUT2D eigenvalue weighted by atomic mass is 15.1. The molecule has 11 rings (SSSR count). The molecule has 0 N–H and O–H groups in total.